The predicted molar refractivity (Wildman–Crippen MR) is 76.0 cm³/mol. The minimum Gasteiger partial charge on any atom is -0.490 e. The maximum absolute atomic E-state index is 6.17. The van der Waals surface area contributed by atoms with Gasteiger partial charge in [0.2, 0.25) is 0 Å². The summed E-state index contributed by atoms with van der Waals surface area (Å²) in [5.41, 5.74) is 1.29. The van der Waals surface area contributed by atoms with Crippen molar-refractivity contribution >= 4 is 0 Å². The van der Waals surface area contributed by atoms with E-state index in [2.05, 4.69) is 43.4 Å². The molecule has 0 amide bonds. The summed E-state index contributed by atoms with van der Waals surface area (Å²) < 4.78 is 6.17. The summed E-state index contributed by atoms with van der Waals surface area (Å²) in [6.07, 6.45) is 6.66. The van der Waals surface area contributed by atoms with Crippen LogP contribution in [0.3, 0.4) is 0 Å². The number of nitrogens with one attached hydrogen (secondary N) is 1. The van der Waals surface area contributed by atoms with Gasteiger partial charge in [-0.05, 0) is 51.6 Å². The molecule has 1 aromatic rings. The maximum Gasteiger partial charge on any atom is 0.124 e. The van der Waals surface area contributed by atoms with Crippen molar-refractivity contribution in [3.05, 3.63) is 29.8 Å². The average molecular weight is 247 g/mol. The quantitative estimate of drug-likeness (QED) is 0.818. The number of para-hydroxylation sites is 1. The van der Waals surface area contributed by atoms with Crippen LogP contribution in [-0.4, -0.2) is 12.6 Å². The topological polar surface area (TPSA) is 21.3 Å². The highest BCUT2D eigenvalue weighted by Gasteiger charge is 2.19. The van der Waals surface area contributed by atoms with E-state index in [1.165, 1.54) is 31.2 Å². The van der Waals surface area contributed by atoms with Gasteiger partial charge in [0, 0.05) is 11.6 Å². The van der Waals surface area contributed by atoms with Crippen LogP contribution < -0.4 is 10.1 Å². The SMILES string of the molecule is CCCN[C@@H](C)c1ccccc1OC1CCCC1. The molecule has 1 N–H and O–H groups in total. The molecule has 2 rings (SSSR count). The Morgan fingerprint density at radius 2 is 2.00 bits per heavy atom. The van der Waals surface area contributed by atoms with E-state index in [1.807, 2.05) is 0 Å². The van der Waals surface area contributed by atoms with Crippen molar-refractivity contribution in [1.82, 2.24) is 5.32 Å². The summed E-state index contributed by atoms with van der Waals surface area (Å²) >= 11 is 0. The molecule has 0 bridgehead atoms. The van der Waals surface area contributed by atoms with Gasteiger partial charge in [0.25, 0.3) is 0 Å². The zero-order chi connectivity index (χ0) is 12.8. The van der Waals surface area contributed by atoms with E-state index in [1.54, 1.807) is 0 Å². The Morgan fingerprint density at radius 3 is 2.72 bits per heavy atom. The van der Waals surface area contributed by atoms with E-state index in [-0.39, 0.29) is 0 Å². The molecule has 1 aromatic carbocycles. The molecule has 1 fully saturated rings. The molecule has 1 saturated carbocycles. The first kappa shape index (κ1) is 13.4. The van der Waals surface area contributed by atoms with E-state index in [9.17, 15) is 0 Å². The van der Waals surface area contributed by atoms with Gasteiger partial charge in [-0.25, -0.2) is 0 Å². The molecular formula is C16H25NO. The van der Waals surface area contributed by atoms with Crippen molar-refractivity contribution in [3.8, 4) is 5.75 Å². The first-order chi connectivity index (χ1) is 8.81. The summed E-state index contributed by atoms with van der Waals surface area (Å²) in [6.45, 7) is 5.46. The Balaban J connectivity index is 2.04. The molecule has 2 heteroatoms. The lowest BCUT2D eigenvalue weighted by Crippen LogP contribution is -2.21. The highest BCUT2D eigenvalue weighted by Crippen LogP contribution is 2.29. The summed E-state index contributed by atoms with van der Waals surface area (Å²) in [6, 6.07) is 8.82. The molecule has 0 radical (unpaired) electrons. The Hall–Kier alpha value is -1.02. The molecule has 0 spiro atoms. The van der Waals surface area contributed by atoms with E-state index in [4.69, 9.17) is 4.74 Å². The standard InChI is InChI=1S/C16H25NO/c1-3-12-17-13(2)15-10-6-7-11-16(15)18-14-8-4-5-9-14/h6-7,10-11,13-14,17H,3-5,8-9,12H2,1-2H3/t13-/m0/s1. The van der Waals surface area contributed by atoms with Gasteiger partial charge in [0.15, 0.2) is 0 Å². The molecule has 18 heavy (non-hydrogen) atoms. The summed E-state index contributed by atoms with van der Waals surface area (Å²) in [5, 5.41) is 3.53. The first-order valence-electron chi connectivity index (χ1n) is 7.30. The Bertz CT molecular complexity index is 358. The van der Waals surface area contributed by atoms with Crippen LogP contribution in [0.15, 0.2) is 24.3 Å². The Morgan fingerprint density at radius 1 is 1.28 bits per heavy atom. The molecule has 0 aromatic heterocycles. The third kappa shape index (κ3) is 3.49. The second kappa shape index (κ2) is 6.79. The zero-order valence-corrected chi connectivity index (χ0v) is 11.6. The molecule has 0 heterocycles. The van der Waals surface area contributed by atoms with Crippen LogP contribution in [0.4, 0.5) is 0 Å². The minimum absolute atomic E-state index is 0.363. The Labute approximate surface area is 111 Å². The van der Waals surface area contributed by atoms with Crippen LogP contribution in [-0.2, 0) is 0 Å². The van der Waals surface area contributed by atoms with Gasteiger partial charge in [-0.1, -0.05) is 25.1 Å². The predicted octanol–water partition coefficient (Wildman–Crippen LogP) is 4.07. The zero-order valence-electron chi connectivity index (χ0n) is 11.6. The van der Waals surface area contributed by atoms with Crippen LogP contribution >= 0.6 is 0 Å². The lowest BCUT2D eigenvalue weighted by atomic mass is 10.1. The lowest BCUT2D eigenvalue weighted by Gasteiger charge is -2.20. The molecule has 100 valence electrons. The van der Waals surface area contributed by atoms with Gasteiger partial charge in [0.05, 0.1) is 6.10 Å². The van der Waals surface area contributed by atoms with Crippen LogP contribution in [0, 0.1) is 0 Å². The van der Waals surface area contributed by atoms with E-state index < -0.39 is 0 Å². The average Bonchev–Trinajstić information content (AvgIpc) is 2.89. The van der Waals surface area contributed by atoms with Gasteiger partial charge < -0.3 is 10.1 Å². The van der Waals surface area contributed by atoms with Crippen molar-refractivity contribution in [2.75, 3.05) is 6.54 Å². The molecule has 0 aliphatic heterocycles. The van der Waals surface area contributed by atoms with E-state index in [0.717, 1.165) is 18.7 Å². The molecule has 1 aliphatic carbocycles. The maximum atomic E-state index is 6.17. The minimum atomic E-state index is 0.363. The number of benzene rings is 1. The highest BCUT2D eigenvalue weighted by atomic mass is 16.5. The molecule has 2 nitrogen and oxygen atoms in total. The molecule has 0 unspecified atom stereocenters. The van der Waals surface area contributed by atoms with Crippen LogP contribution in [0.25, 0.3) is 0 Å². The molecule has 1 atom stereocenters. The van der Waals surface area contributed by atoms with Gasteiger partial charge in [-0.15, -0.1) is 0 Å². The van der Waals surface area contributed by atoms with Crippen molar-refractivity contribution in [1.29, 1.82) is 0 Å². The summed E-state index contributed by atoms with van der Waals surface area (Å²) in [4.78, 5) is 0. The summed E-state index contributed by atoms with van der Waals surface area (Å²) in [5.74, 6) is 1.07. The monoisotopic (exact) mass is 247 g/mol. The van der Waals surface area contributed by atoms with Gasteiger partial charge in [-0.3, -0.25) is 0 Å². The van der Waals surface area contributed by atoms with E-state index in [0.29, 0.717) is 12.1 Å². The fraction of sp³-hybridized carbons (Fsp3) is 0.625. The number of hydrogen-bond donors (Lipinski definition) is 1. The highest BCUT2D eigenvalue weighted by molar-refractivity contribution is 5.35. The Kier molecular flexibility index (Phi) is 5.06. The smallest absolute Gasteiger partial charge is 0.124 e. The number of rotatable bonds is 6. The van der Waals surface area contributed by atoms with Crippen LogP contribution in [0.5, 0.6) is 5.75 Å². The lowest BCUT2D eigenvalue weighted by molar-refractivity contribution is 0.206. The fourth-order valence-electron chi connectivity index (χ4n) is 2.60. The number of hydrogen-bond acceptors (Lipinski definition) is 2. The third-order valence-corrected chi connectivity index (χ3v) is 3.68. The largest absolute Gasteiger partial charge is 0.490 e. The van der Waals surface area contributed by atoms with Crippen LogP contribution in [0.2, 0.25) is 0 Å². The van der Waals surface area contributed by atoms with Gasteiger partial charge >= 0.3 is 0 Å². The third-order valence-electron chi connectivity index (χ3n) is 3.68. The second-order valence-electron chi connectivity index (χ2n) is 5.24. The van der Waals surface area contributed by atoms with Crippen LogP contribution in [0.1, 0.15) is 57.6 Å². The van der Waals surface area contributed by atoms with E-state index >= 15 is 0 Å². The van der Waals surface area contributed by atoms with Gasteiger partial charge in [-0.2, -0.15) is 0 Å². The van der Waals surface area contributed by atoms with Crippen molar-refractivity contribution in [2.45, 2.75) is 58.1 Å². The van der Waals surface area contributed by atoms with Crippen molar-refractivity contribution < 1.29 is 4.74 Å². The number of ether oxygens (including phenoxy) is 1. The van der Waals surface area contributed by atoms with Crippen molar-refractivity contribution in [3.63, 3.8) is 0 Å². The molecular weight excluding hydrogens is 222 g/mol. The van der Waals surface area contributed by atoms with Crippen molar-refractivity contribution in [2.24, 2.45) is 0 Å². The van der Waals surface area contributed by atoms with Gasteiger partial charge in [0.1, 0.15) is 5.75 Å². The first-order valence-corrected chi connectivity index (χ1v) is 7.30. The summed E-state index contributed by atoms with van der Waals surface area (Å²) in [7, 11) is 0. The molecule has 1 aliphatic rings. The normalized spacial score (nSPS) is 17.9. The molecule has 0 saturated heterocycles. The fourth-order valence-corrected chi connectivity index (χ4v) is 2.60. The second-order valence-corrected chi connectivity index (χ2v) is 5.24.